The van der Waals surface area contributed by atoms with Gasteiger partial charge in [0.05, 0.1) is 17.7 Å². The van der Waals surface area contributed by atoms with E-state index in [0.717, 1.165) is 29.7 Å². The highest BCUT2D eigenvalue weighted by Crippen LogP contribution is 2.49. The molecule has 4 nitrogen and oxygen atoms in total. The molecule has 3 aromatic rings. The van der Waals surface area contributed by atoms with Gasteiger partial charge in [-0.05, 0) is 42.7 Å². The van der Waals surface area contributed by atoms with Crippen LogP contribution < -0.4 is 0 Å². The van der Waals surface area contributed by atoms with Gasteiger partial charge in [-0.15, -0.1) is 0 Å². The number of carbonyl (C=O) groups is 1. The normalized spacial score (nSPS) is 15.4. The summed E-state index contributed by atoms with van der Waals surface area (Å²) in [6.07, 6.45) is 6.21. The summed E-state index contributed by atoms with van der Waals surface area (Å²) in [5.41, 5.74) is 2.34. The summed E-state index contributed by atoms with van der Waals surface area (Å²) < 4.78 is 7.50. The molecule has 122 valence electrons. The number of hydrogen-bond donors (Lipinski definition) is 0. The molecule has 5 heteroatoms. The first-order valence-electron chi connectivity index (χ1n) is 8.03. The van der Waals surface area contributed by atoms with Crippen LogP contribution in [0.3, 0.4) is 0 Å². The average molecular weight is 341 g/mol. The molecule has 1 aliphatic rings. The van der Waals surface area contributed by atoms with Gasteiger partial charge in [0.25, 0.3) is 0 Å². The molecule has 0 spiro atoms. The molecule has 2 aromatic heterocycles. The van der Waals surface area contributed by atoms with Crippen molar-refractivity contribution in [3.05, 3.63) is 71.1 Å². The third-order valence-electron chi connectivity index (χ3n) is 4.54. The number of aromatic nitrogens is 2. The van der Waals surface area contributed by atoms with Gasteiger partial charge in [-0.1, -0.05) is 29.8 Å². The van der Waals surface area contributed by atoms with Crippen LogP contribution in [-0.4, -0.2) is 22.0 Å². The Balaban J connectivity index is 1.39. The number of carbonyl (C=O) groups excluding carboxylic acids is 1. The fourth-order valence-corrected chi connectivity index (χ4v) is 3.12. The van der Waals surface area contributed by atoms with Crippen molar-refractivity contribution < 1.29 is 9.53 Å². The molecule has 0 aliphatic heterocycles. The highest BCUT2D eigenvalue weighted by Gasteiger charge is 2.52. The average Bonchev–Trinajstić information content (AvgIpc) is 3.29. The third-order valence-corrected chi connectivity index (χ3v) is 4.79. The summed E-state index contributed by atoms with van der Waals surface area (Å²) in [5.74, 6) is -0.145. The van der Waals surface area contributed by atoms with Crippen molar-refractivity contribution in [2.45, 2.75) is 24.7 Å². The predicted molar refractivity (Wildman–Crippen MR) is 92.2 cm³/mol. The second-order valence-electron chi connectivity index (χ2n) is 6.17. The number of benzene rings is 1. The second-order valence-corrected chi connectivity index (χ2v) is 6.61. The largest absolute Gasteiger partial charge is 0.465 e. The molecule has 0 N–H and O–H groups in total. The highest BCUT2D eigenvalue weighted by molar-refractivity contribution is 6.30. The lowest BCUT2D eigenvalue weighted by atomic mass is 9.96. The third kappa shape index (κ3) is 2.78. The number of esters is 1. The molecule has 1 aromatic carbocycles. The van der Waals surface area contributed by atoms with Crippen LogP contribution in [0, 0.1) is 0 Å². The highest BCUT2D eigenvalue weighted by atomic mass is 35.5. The van der Waals surface area contributed by atoms with Gasteiger partial charge >= 0.3 is 5.97 Å². The van der Waals surface area contributed by atoms with E-state index in [0.29, 0.717) is 18.1 Å². The van der Waals surface area contributed by atoms with E-state index < -0.39 is 5.41 Å². The molecule has 0 amide bonds. The van der Waals surface area contributed by atoms with E-state index in [2.05, 4.69) is 4.98 Å². The predicted octanol–water partition coefficient (Wildman–Crippen LogP) is 3.81. The Kier molecular flexibility index (Phi) is 3.77. The number of halogens is 1. The Morgan fingerprint density at radius 3 is 2.71 bits per heavy atom. The molecule has 0 bridgehead atoms. The van der Waals surface area contributed by atoms with Crippen LogP contribution in [0.1, 0.15) is 24.1 Å². The number of nitrogens with zero attached hydrogens (tertiary/aromatic N) is 2. The lowest BCUT2D eigenvalue weighted by molar-refractivity contribution is -0.146. The summed E-state index contributed by atoms with van der Waals surface area (Å²) in [5, 5.41) is 0.676. The van der Waals surface area contributed by atoms with Crippen LogP contribution in [0.4, 0.5) is 0 Å². The molecule has 4 rings (SSSR count). The Hall–Kier alpha value is -2.33. The van der Waals surface area contributed by atoms with Gasteiger partial charge in [0, 0.05) is 23.8 Å². The molecule has 0 saturated heterocycles. The zero-order valence-corrected chi connectivity index (χ0v) is 13.9. The number of imidazole rings is 1. The fraction of sp³-hybridized carbons (Fsp3) is 0.263. The zero-order chi connectivity index (χ0) is 16.6. The molecule has 0 atom stereocenters. The summed E-state index contributed by atoms with van der Waals surface area (Å²) in [6, 6.07) is 13.3. The van der Waals surface area contributed by atoms with E-state index in [1.807, 2.05) is 59.3 Å². The summed E-state index contributed by atoms with van der Waals surface area (Å²) in [6.45, 7) is 0.345. The number of hydrogen-bond acceptors (Lipinski definition) is 3. The van der Waals surface area contributed by atoms with E-state index in [1.54, 1.807) is 0 Å². The number of pyridine rings is 1. The van der Waals surface area contributed by atoms with Crippen molar-refractivity contribution in [1.82, 2.24) is 9.38 Å². The minimum absolute atomic E-state index is 0.145. The van der Waals surface area contributed by atoms with Crippen LogP contribution in [0.5, 0.6) is 0 Å². The summed E-state index contributed by atoms with van der Waals surface area (Å²) in [7, 11) is 0. The maximum Gasteiger partial charge on any atom is 0.316 e. The van der Waals surface area contributed by atoms with Gasteiger partial charge in [-0.3, -0.25) is 4.79 Å². The summed E-state index contributed by atoms with van der Waals surface area (Å²) >= 11 is 5.92. The Morgan fingerprint density at radius 2 is 2.00 bits per heavy atom. The number of ether oxygens (including phenoxy) is 1. The Bertz CT molecular complexity index is 849. The van der Waals surface area contributed by atoms with Crippen molar-refractivity contribution in [2.24, 2.45) is 0 Å². The molecule has 1 aliphatic carbocycles. The number of fused-ring (bicyclic) bond motifs is 1. The van der Waals surface area contributed by atoms with Gasteiger partial charge in [0.1, 0.15) is 5.65 Å². The molecule has 24 heavy (non-hydrogen) atoms. The molecular weight excluding hydrogens is 324 g/mol. The van der Waals surface area contributed by atoms with Crippen molar-refractivity contribution in [1.29, 1.82) is 0 Å². The van der Waals surface area contributed by atoms with Gasteiger partial charge in [-0.25, -0.2) is 4.98 Å². The van der Waals surface area contributed by atoms with E-state index in [9.17, 15) is 4.79 Å². The maximum absolute atomic E-state index is 12.5. The first kappa shape index (κ1) is 15.2. The van der Waals surface area contributed by atoms with Gasteiger partial charge in [0.2, 0.25) is 0 Å². The SMILES string of the molecule is O=C(OCCc1cn2ccccc2n1)C1(c2ccc(Cl)cc2)CC1. The molecular formula is C19H17ClN2O2. The van der Waals surface area contributed by atoms with Crippen LogP contribution in [0.2, 0.25) is 5.02 Å². The van der Waals surface area contributed by atoms with E-state index in [-0.39, 0.29) is 5.97 Å². The van der Waals surface area contributed by atoms with Crippen molar-refractivity contribution in [2.75, 3.05) is 6.61 Å². The monoisotopic (exact) mass is 340 g/mol. The van der Waals surface area contributed by atoms with Crippen LogP contribution in [0.25, 0.3) is 5.65 Å². The van der Waals surface area contributed by atoms with Crippen molar-refractivity contribution in [3.8, 4) is 0 Å². The quantitative estimate of drug-likeness (QED) is 0.663. The van der Waals surface area contributed by atoms with Crippen LogP contribution in [-0.2, 0) is 21.4 Å². The molecule has 1 saturated carbocycles. The van der Waals surface area contributed by atoms with Gasteiger partial charge in [-0.2, -0.15) is 0 Å². The first-order chi connectivity index (χ1) is 11.7. The maximum atomic E-state index is 12.5. The minimum Gasteiger partial charge on any atom is -0.465 e. The molecule has 0 unspecified atom stereocenters. The first-order valence-corrected chi connectivity index (χ1v) is 8.41. The lowest BCUT2D eigenvalue weighted by Gasteiger charge is -2.14. The van der Waals surface area contributed by atoms with Gasteiger partial charge in [0.15, 0.2) is 0 Å². The minimum atomic E-state index is -0.469. The van der Waals surface area contributed by atoms with Crippen LogP contribution in [0.15, 0.2) is 54.9 Å². The zero-order valence-electron chi connectivity index (χ0n) is 13.1. The van der Waals surface area contributed by atoms with Crippen LogP contribution >= 0.6 is 11.6 Å². The van der Waals surface area contributed by atoms with E-state index >= 15 is 0 Å². The smallest absolute Gasteiger partial charge is 0.316 e. The fourth-order valence-electron chi connectivity index (χ4n) is 3.00. The summed E-state index contributed by atoms with van der Waals surface area (Å²) in [4.78, 5) is 17.0. The topological polar surface area (TPSA) is 43.6 Å². The van der Waals surface area contributed by atoms with E-state index in [1.165, 1.54) is 0 Å². The lowest BCUT2D eigenvalue weighted by Crippen LogP contribution is -2.24. The Morgan fingerprint density at radius 1 is 1.21 bits per heavy atom. The van der Waals surface area contributed by atoms with Crippen molar-refractivity contribution in [3.63, 3.8) is 0 Å². The second kappa shape index (κ2) is 5.95. The molecule has 1 fully saturated rings. The van der Waals surface area contributed by atoms with Crippen molar-refractivity contribution >= 4 is 23.2 Å². The standard InChI is InChI=1S/C19H17ClN2O2/c20-15-6-4-14(5-7-15)19(9-10-19)18(23)24-12-8-16-13-22-11-2-1-3-17(22)21-16/h1-7,11,13H,8-10,12H2. The van der Waals surface area contributed by atoms with E-state index in [4.69, 9.17) is 16.3 Å². The molecule has 2 heterocycles. The molecule has 0 radical (unpaired) electrons. The number of rotatable bonds is 5. The van der Waals surface area contributed by atoms with Gasteiger partial charge < -0.3 is 9.14 Å². The Labute approximate surface area is 145 Å².